The lowest BCUT2D eigenvalue weighted by Gasteiger charge is -2.28. The van der Waals surface area contributed by atoms with Gasteiger partial charge < -0.3 is 19.3 Å². The molecule has 1 aliphatic heterocycles. The van der Waals surface area contributed by atoms with Gasteiger partial charge in [0, 0.05) is 25.6 Å². The van der Waals surface area contributed by atoms with E-state index in [1.54, 1.807) is 13.2 Å². The Labute approximate surface area is 151 Å². The molecule has 3 aromatic rings. The van der Waals surface area contributed by atoms with E-state index in [0.717, 1.165) is 42.7 Å². The highest BCUT2D eigenvalue weighted by atomic mass is 16.5. The SMILES string of the molecule is COc1cccc(Cc2nnc(N3CCn4nc(C)cc4C3)n2C)c1O. The highest BCUT2D eigenvalue weighted by molar-refractivity contribution is 5.46. The fourth-order valence-corrected chi connectivity index (χ4v) is 3.41. The average molecular weight is 354 g/mol. The van der Waals surface area contributed by atoms with Crippen molar-refractivity contribution in [1.82, 2.24) is 24.5 Å². The molecule has 4 rings (SSSR count). The summed E-state index contributed by atoms with van der Waals surface area (Å²) >= 11 is 0. The van der Waals surface area contributed by atoms with E-state index >= 15 is 0 Å². The highest BCUT2D eigenvalue weighted by Gasteiger charge is 2.23. The molecule has 0 unspecified atom stereocenters. The van der Waals surface area contributed by atoms with Crippen molar-refractivity contribution in [3.63, 3.8) is 0 Å². The highest BCUT2D eigenvalue weighted by Crippen LogP contribution is 2.31. The molecule has 26 heavy (non-hydrogen) atoms. The number of hydrogen-bond donors (Lipinski definition) is 1. The number of hydrogen-bond acceptors (Lipinski definition) is 6. The number of rotatable bonds is 4. The van der Waals surface area contributed by atoms with Crippen molar-refractivity contribution in [2.24, 2.45) is 7.05 Å². The van der Waals surface area contributed by atoms with E-state index in [2.05, 4.69) is 30.9 Å². The summed E-state index contributed by atoms with van der Waals surface area (Å²) < 4.78 is 9.22. The van der Waals surface area contributed by atoms with E-state index in [0.29, 0.717) is 12.2 Å². The molecule has 1 aliphatic rings. The van der Waals surface area contributed by atoms with E-state index in [1.165, 1.54) is 5.69 Å². The van der Waals surface area contributed by atoms with Crippen LogP contribution < -0.4 is 9.64 Å². The lowest BCUT2D eigenvalue weighted by Crippen LogP contribution is -2.35. The van der Waals surface area contributed by atoms with Gasteiger partial charge in [-0.3, -0.25) is 4.68 Å². The summed E-state index contributed by atoms with van der Waals surface area (Å²) in [5.74, 6) is 2.23. The number of fused-ring (bicyclic) bond motifs is 1. The van der Waals surface area contributed by atoms with Crippen LogP contribution in [0.15, 0.2) is 24.3 Å². The van der Waals surface area contributed by atoms with Crippen LogP contribution >= 0.6 is 0 Å². The van der Waals surface area contributed by atoms with Gasteiger partial charge in [0.25, 0.3) is 0 Å². The summed E-state index contributed by atoms with van der Waals surface area (Å²) in [6, 6.07) is 7.57. The minimum Gasteiger partial charge on any atom is -0.504 e. The minimum atomic E-state index is 0.150. The number of para-hydroxylation sites is 1. The first kappa shape index (κ1) is 16.4. The van der Waals surface area contributed by atoms with Crippen LogP contribution in [0.2, 0.25) is 0 Å². The fourth-order valence-electron chi connectivity index (χ4n) is 3.41. The Bertz CT molecular complexity index is 945. The zero-order chi connectivity index (χ0) is 18.3. The lowest BCUT2D eigenvalue weighted by atomic mass is 10.1. The Balaban J connectivity index is 1.58. The van der Waals surface area contributed by atoms with Crippen molar-refractivity contribution in [1.29, 1.82) is 0 Å². The van der Waals surface area contributed by atoms with Crippen molar-refractivity contribution in [2.75, 3.05) is 18.6 Å². The third-order valence-corrected chi connectivity index (χ3v) is 4.80. The van der Waals surface area contributed by atoms with Crippen molar-refractivity contribution in [2.45, 2.75) is 26.4 Å². The number of aromatic nitrogens is 5. The fraction of sp³-hybridized carbons (Fsp3) is 0.389. The van der Waals surface area contributed by atoms with Gasteiger partial charge in [0.05, 0.1) is 31.6 Å². The smallest absolute Gasteiger partial charge is 0.227 e. The zero-order valence-electron chi connectivity index (χ0n) is 15.2. The summed E-state index contributed by atoms with van der Waals surface area (Å²) in [4.78, 5) is 2.21. The molecule has 0 bridgehead atoms. The van der Waals surface area contributed by atoms with Gasteiger partial charge in [0.1, 0.15) is 5.82 Å². The second-order valence-corrected chi connectivity index (χ2v) is 6.54. The number of phenols is 1. The molecular weight excluding hydrogens is 332 g/mol. The molecule has 0 atom stereocenters. The van der Waals surface area contributed by atoms with Crippen LogP contribution in [-0.2, 0) is 26.6 Å². The minimum absolute atomic E-state index is 0.150. The quantitative estimate of drug-likeness (QED) is 0.767. The van der Waals surface area contributed by atoms with Gasteiger partial charge in [-0.1, -0.05) is 12.1 Å². The first-order chi connectivity index (χ1) is 12.6. The van der Waals surface area contributed by atoms with Crippen LogP contribution in [-0.4, -0.2) is 43.3 Å². The number of benzene rings is 1. The van der Waals surface area contributed by atoms with Crippen LogP contribution in [0.5, 0.6) is 11.5 Å². The molecule has 0 amide bonds. The largest absolute Gasteiger partial charge is 0.504 e. The Morgan fingerprint density at radius 1 is 1.23 bits per heavy atom. The molecular formula is C18H22N6O2. The number of phenolic OH excluding ortho intramolecular Hbond substituents is 1. The Hall–Kier alpha value is -3.03. The number of anilines is 1. The average Bonchev–Trinajstić information content (AvgIpc) is 3.18. The predicted octanol–water partition coefficient (Wildman–Crippen LogP) is 1.65. The van der Waals surface area contributed by atoms with Gasteiger partial charge in [-0.15, -0.1) is 10.2 Å². The standard InChI is InChI=1S/C18H22N6O2/c1-12-9-14-11-23(7-8-24(14)21-12)18-20-19-16(22(18)2)10-13-5-4-6-15(26-3)17(13)25/h4-6,9,25H,7-8,10-11H2,1-3H3. The van der Waals surface area contributed by atoms with Crippen molar-refractivity contribution in [3.8, 4) is 11.5 Å². The van der Waals surface area contributed by atoms with Gasteiger partial charge in [0.15, 0.2) is 11.5 Å². The normalized spacial score (nSPS) is 13.7. The molecule has 0 radical (unpaired) electrons. The molecule has 1 aromatic carbocycles. The summed E-state index contributed by atoms with van der Waals surface area (Å²) in [7, 11) is 3.50. The third-order valence-electron chi connectivity index (χ3n) is 4.80. The molecule has 0 saturated carbocycles. The number of ether oxygens (including phenoxy) is 1. The molecule has 1 N–H and O–H groups in total. The molecule has 0 fully saturated rings. The van der Waals surface area contributed by atoms with Gasteiger partial charge in [-0.25, -0.2) is 0 Å². The number of methoxy groups -OCH3 is 1. The van der Waals surface area contributed by atoms with Crippen LogP contribution in [0.1, 0.15) is 22.8 Å². The monoisotopic (exact) mass is 354 g/mol. The maximum absolute atomic E-state index is 10.3. The van der Waals surface area contributed by atoms with E-state index in [4.69, 9.17) is 4.74 Å². The molecule has 2 aromatic heterocycles. The number of aromatic hydroxyl groups is 1. The van der Waals surface area contributed by atoms with Crippen LogP contribution in [0.4, 0.5) is 5.95 Å². The first-order valence-corrected chi connectivity index (χ1v) is 8.58. The topological polar surface area (TPSA) is 81.2 Å². The van der Waals surface area contributed by atoms with Crippen LogP contribution in [0.25, 0.3) is 0 Å². The van der Waals surface area contributed by atoms with Crippen molar-refractivity contribution >= 4 is 5.95 Å². The van der Waals surface area contributed by atoms with Crippen molar-refractivity contribution < 1.29 is 9.84 Å². The van der Waals surface area contributed by atoms with E-state index in [-0.39, 0.29) is 5.75 Å². The maximum atomic E-state index is 10.3. The van der Waals surface area contributed by atoms with Gasteiger partial charge in [-0.2, -0.15) is 5.10 Å². The number of aryl methyl sites for hydroxylation is 1. The Kier molecular flexibility index (Phi) is 4.02. The third kappa shape index (κ3) is 2.77. The molecule has 3 heterocycles. The lowest BCUT2D eigenvalue weighted by molar-refractivity contribution is 0.371. The van der Waals surface area contributed by atoms with Crippen LogP contribution in [0, 0.1) is 6.92 Å². The summed E-state index contributed by atoms with van der Waals surface area (Å²) in [6.45, 7) is 4.44. The van der Waals surface area contributed by atoms with Gasteiger partial charge in [0.2, 0.25) is 5.95 Å². The molecule has 8 heteroatoms. The zero-order valence-corrected chi connectivity index (χ0v) is 15.2. The predicted molar refractivity (Wildman–Crippen MR) is 96.5 cm³/mol. The molecule has 0 spiro atoms. The molecule has 0 aliphatic carbocycles. The summed E-state index contributed by atoms with van der Waals surface area (Å²) in [5, 5.41) is 23.5. The molecule has 0 saturated heterocycles. The van der Waals surface area contributed by atoms with E-state index < -0.39 is 0 Å². The van der Waals surface area contributed by atoms with Gasteiger partial charge >= 0.3 is 0 Å². The number of nitrogens with zero attached hydrogens (tertiary/aromatic N) is 6. The summed E-state index contributed by atoms with van der Waals surface area (Å²) in [6.07, 6.45) is 0.484. The molecule has 136 valence electrons. The van der Waals surface area contributed by atoms with Crippen molar-refractivity contribution in [3.05, 3.63) is 47.0 Å². The second-order valence-electron chi connectivity index (χ2n) is 6.54. The maximum Gasteiger partial charge on any atom is 0.227 e. The Morgan fingerprint density at radius 2 is 2.08 bits per heavy atom. The van der Waals surface area contributed by atoms with E-state index in [9.17, 15) is 5.11 Å². The van der Waals surface area contributed by atoms with Crippen LogP contribution in [0.3, 0.4) is 0 Å². The first-order valence-electron chi connectivity index (χ1n) is 8.58. The van der Waals surface area contributed by atoms with E-state index in [1.807, 2.05) is 30.7 Å². The molecule has 8 nitrogen and oxygen atoms in total. The second kappa shape index (κ2) is 6.36. The van der Waals surface area contributed by atoms with Gasteiger partial charge in [-0.05, 0) is 19.1 Å². The Morgan fingerprint density at radius 3 is 2.88 bits per heavy atom. The summed E-state index contributed by atoms with van der Waals surface area (Å²) in [5.41, 5.74) is 2.98.